The lowest BCUT2D eigenvalue weighted by Crippen LogP contribution is -2.35. The molecule has 2 unspecified atom stereocenters. The van der Waals surface area contributed by atoms with Gasteiger partial charge in [-0.1, -0.05) is 0 Å². The summed E-state index contributed by atoms with van der Waals surface area (Å²) in [5.74, 6) is -0.465. The maximum atomic E-state index is 14.7. The predicted octanol–water partition coefficient (Wildman–Crippen LogP) is 0.377. The van der Waals surface area contributed by atoms with Gasteiger partial charge in [-0.15, -0.1) is 0 Å². The molecule has 1 aromatic carbocycles. The van der Waals surface area contributed by atoms with E-state index in [1.807, 2.05) is 4.90 Å². The van der Waals surface area contributed by atoms with Gasteiger partial charge in [-0.2, -0.15) is 0 Å². The van der Waals surface area contributed by atoms with Gasteiger partial charge in [0.1, 0.15) is 11.9 Å². The summed E-state index contributed by atoms with van der Waals surface area (Å²) in [5, 5.41) is 8.07. The largest absolute Gasteiger partial charge is 0.453 e. The van der Waals surface area contributed by atoms with Crippen molar-refractivity contribution in [1.82, 2.24) is 16.0 Å². The summed E-state index contributed by atoms with van der Waals surface area (Å²) in [7, 11) is 1.24. The van der Waals surface area contributed by atoms with Gasteiger partial charge in [0.25, 0.3) is 0 Å². The molecule has 3 aliphatic rings. The molecule has 1 aromatic rings. The van der Waals surface area contributed by atoms with Gasteiger partial charge in [0.15, 0.2) is 0 Å². The van der Waals surface area contributed by atoms with Gasteiger partial charge >= 0.3 is 18.2 Å². The van der Waals surface area contributed by atoms with Crippen LogP contribution in [-0.2, 0) is 9.47 Å². The molecule has 150 valence electrons. The average Bonchev–Trinajstić information content (AvgIpc) is 3.32. The second kappa shape index (κ2) is 7.06. The molecule has 3 saturated heterocycles. The van der Waals surface area contributed by atoms with Gasteiger partial charge in [-0.3, -0.25) is 4.90 Å². The Morgan fingerprint density at radius 1 is 1.29 bits per heavy atom. The lowest BCUT2D eigenvalue weighted by molar-refractivity contribution is 0.132. The highest BCUT2D eigenvalue weighted by molar-refractivity contribution is 5.90. The van der Waals surface area contributed by atoms with E-state index in [1.165, 1.54) is 18.1 Å². The van der Waals surface area contributed by atoms with E-state index in [9.17, 15) is 18.8 Å². The summed E-state index contributed by atoms with van der Waals surface area (Å²) >= 11 is 0. The molecule has 4 rings (SSSR count). The number of anilines is 2. The standard InChI is InChI=1S/C17H20FN5O5/c1-27-16(25)19-5-10-6-23(17(26)28-10)9-2-3-14(11(18)4-9)22-7-12-13(8-22)21-15(24)20-12/h2-4,10,12-13H,5-8H2,1H3,(H,19,25)(H2,20,21,24)/t10-,12?,13?/m0/s1. The molecule has 3 fully saturated rings. The molecule has 0 bridgehead atoms. The third kappa shape index (κ3) is 3.35. The quantitative estimate of drug-likeness (QED) is 0.682. The van der Waals surface area contributed by atoms with Crippen LogP contribution in [0.15, 0.2) is 18.2 Å². The van der Waals surface area contributed by atoms with Crippen molar-refractivity contribution in [3.05, 3.63) is 24.0 Å². The first kappa shape index (κ1) is 18.1. The molecule has 4 amide bonds. The van der Waals surface area contributed by atoms with E-state index in [2.05, 4.69) is 20.7 Å². The molecule has 10 nitrogen and oxygen atoms in total. The zero-order valence-electron chi connectivity index (χ0n) is 15.1. The number of carbonyl (C=O) groups is 3. The van der Waals surface area contributed by atoms with Crippen LogP contribution >= 0.6 is 0 Å². The van der Waals surface area contributed by atoms with Crippen LogP contribution in [0.2, 0.25) is 0 Å². The Morgan fingerprint density at radius 2 is 2.00 bits per heavy atom. The summed E-state index contributed by atoms with van der Waals surface area (Å²) in [6.07, 6.45) is -1.78. The topological polar surface area (TPSA) is 112 Å². The van der Waals surface area contributed by atoms with Crippen molar-refractivity contribution in [2.45, 2.75) is 18.2 Å². The summed E-state index contributed by atoms with van der Waals surface area (Å²) in [6, 6.07) is 4.24. The van der Waals surface area contributed by atoms with Crippen LogP contribution in [0.5, 0.6) is 0 Å². The highest BCUT2D eigenvalue weighted by Gasteiger charge is 2.40. The summed E-state index contributed by atoms with van der Waals surface area (Å²) in [6.45, 7) is 1.30. The molecule has 0 aromatic heterocycles. The number of halogens is 1. The molecule has 3 aliphatic heterocycles. The van der Waals surface area contributed by atoms with Gasteiger partial charge in [-0.05, 0) is 18.2 Å². The number of ether oxygens (including phenoxy) is 2. The van der Waals surface area contributed by atoms with Crippen LogP contribution < -0.4 is 25.8 Å². The molecule has 11 heteroatoms. The number of amides is 4. The van der Waals surface area contributed by atoms with E-state index in [4.69, 9.17) is 4.74 Å². The van der Waals surface area contributed by atoms with Gasteiger partial charge in [-0.25, -0.2) is 18.8 Å². The van der Waals surface area contributed by atoms with Crippen LogP contribution in [0.3, 0.4) is 0 Å². The molecule has 0 spiro atoms. The van der Waals surface area contributed by atoms with E-state index in [1.54, 1.807) is 12.1 Å². The number of rotatable bonds is 4. The molecule has 28 heavy (non-hydrogen) atoms. The Hall–Kier alpha value is -3.24. The first-order valence-electron chi connectivity index (χ1n) is 8.86. The Bertz CT molecular complexity index is 805. The fourth-order valence-corrected chi connectivity index (χ4v) is 3.70. The van der Waals surface area contributed by atoms with Gasteiger partial charge < -0.3 is 30.3 Å². The Labute approximate surface area is 159 Å². The van der Waals surface area contributed by atoms with Gasteiger partial charge in [0, 0.05) is 13.1 Å². The van der Waals surface area contributed by atoms with E-state index in [0.29, 0.717) is 24.5 Å². The van der Waals surface area contributed by atoms with Crippen LogP contribution in [-0.4, -0.2) is 69.7 Å². The molecule has 0 aliphatic carbocycles. The van der Waals surface area contributed by atoms with Crippen molar-refractivity contribution >= 4 is 29.6 Å². The van der Waals surface area contributed by atoms with Crippen LogP contribution in [0, 0.1) is 5.82 Å². The monoisotopic (exact) mass is 393 g/mol. The highest BCUT2D eigenvalue weighted by Crippen LogP contribution is 2.30. The predicted molar refractivity (Wildman–Crippen MR) is 95.9 cm³/mol. The first-order valence-corrected chi connectivity index (χ1v) is 8.86. The number of urea groups is 1. The number of nitrogens with zero attached hydrogens (tertiary/aromatic N) is 2. The smallest absolute Gasteiger partial charge is 0.414 e. The van der Waals surface area contributed by atoms with E-state index in [0.717, 1.165) is 0 Å². The molecule has 0 radical (unpaired) electrons. The zero-order valence-corrected chi connectivity index (χ0v) is 15.1. The fourth-order valence-electron chi connectivity index (χ4n) is 3.70. The number of hydrogen-bond donors (Lipinski definition) is 3. The minimum absolute atomic E-state index is 0.0526. The Kier molecular flexibility index (Phi) is 4.57. The molecular weight excluding hydrogens is 373 g/mol. The van der Waals surface area contributed by atoms with E-state index >= 15 is 0 Å². The second-order valence-corrected chi connectivity index (χ2v) is 6.86. The summed E-state index contributed by atoms with van der Waals surface area (Å²) < 4.78 is 24.4. The van der Waals surface area contributed by atoms with Crippen molar-refractivity contribution in [1.29, 1.82) is 0 Å². The lowest BCUT2D eigenvalue weighted by Gasteiger charge is -2.21. The normalized spacial score (nSPS) is 25.9. The number of alkyl carbamates (subject to hydrolysis) is 1. The number of cyclic esters (lactones) is 1. The van der Waals surface area contributed by atoms with Crippen LogP contribution in [0.1, 0.15) is 0 Å². The van der Waals surface area contributed by atoms with E-state index < -0.39 is 24.1 Å². The number of carbonyl (C=O) groups excluding carboxylic acids is 3. The van der Waals surface area contributed by atoms with Crippen molar-refractivity contribution in [2.75, 3.05) is 43.1 Å². The van der Waals surface area contributed by atoms with Crippen LogP contribution in [0.4, 0.5) is 30.1 Å². The summed E-state index contributed by atoms with van der Waals surface area (Å²) in [4.78, 5) is 37.7. The minimum atomic E-state index is -0.619. The highest BCUT2D eigenvalue weighted by atomic mass is 19.1. The maximum Gasteiger partial charge on any atom is 0.414 e. The van der Waals surface area contributed by atoms with Gasteiger partial charge in [0.05, 0.1) is 43.7 Å². The Balaban J connectivity index is 1.41. The number of fused-ring (bicyclic) bond motifs is 1. The number of nitrogens with one attached hydrogen (secondary N) is 3. The Morgan fingerprint density at radius 3 is 2.64 bits per heavy atom. The first-order chi connectivity index (χ1) is 13.4. The third-order valence-corrected chi connectivity index (χ3v) is 5.07. The zero-order chi connectivity index (χ0) is 19.8. The van der Waals surface area contributed by atoms with Crippen LogP contribution in [0.25, 0.3) is 0 Å². The second-order valence-electron chi connectivity index (χ2n) is 6.86. The average molecular weight is 393 g/mol. The van der Waals surface area contributed by atoms with Crippen molar-refractivity contribution in [2.24, 2.45) is 0 Å². The fraction of sp³-hybridized carbons (Fsp3) is 0.471. The van der Waals surface area contributed by atoms with Crippen molar-refractivity contribution < 1.29 is 28.2 Å². The third-order valence-electron chi connectivity index (χ3n) is 5.07. The summed E-state index contributed by atoms with van der Waals surface area (Å²) in [5.41, 5.74) is 0.781. The SMILES string of the molecule is COC(=O)NC[C@H]1CN(c2ccc(N3CC4NC(=O)NC4C3)c(F)c2)C(=O)O1. The van der Waals surface area contributed by atoms with Crippen molar-refractivity contribution in [3.8, 4) is 0 Å². The minimum Gasteiger partial charge on any atom is -0.453 e. The van der Waals surface area contributed by atoms with Crippen molar-refractivity contribution in [3.63, 3.8) is 0 Å². The number of methoxy groups -OCH3 is 1. The maximum absolute atomic E-state index is 14.7. The molecular formula is C17H20FN5O5. The lowest BCUT2D eigenvalue weighted by atomic mass is 10.2. The number of benzene rings is 1. The van der Waals surface area contributed by atoms with Gasteiger partial charge in [0.2, 0.25) is 0 Å². The van der Waals surface area contributed by atoms with E-state index in [-0.39, 0.29) is 31.2 Å². The molecule has 3 heterocycles. The molecule has 0 saturated carbocycles. The molecule has 3 atom stereocenters. The molecule has 3 N–H and O–H groups in total. The number of hydrogen-bond acceptors (Lipinski definition) is 6.